The second kappa shape index (κ2) is 6.00. The fraction of sp³-hybridized carbons (Fsp3) is 0.200. The second-order valence-corrected chi connectivity index (χ2v) is 4.12. The minimum Gasteiger partial charge on any atom is -0.497 e. The summed E-state index contributed by atoms with van der Waals surface area (Å²) in [6.07, 6.45) is 0. The summed E-state index contributed by atoms with van der Waals surface area (Å²) in [5.74, 6) is 1.63. The fourth-order valence-electron chi connectivity index (χ4n) is 1.85. The molecule has 3 N–H and O–H groups in total. The number of para-hydroxylation sites is 1. The number of benzene rings is 2. The van der Waals surface area contributed by atoms with Gasteiger partial charge < -0.3 is 20.5 Å². The lowest BCUT2D eigenvalue weighted by molar-refractivity contribution is 0.410. The van der Waals surface area contributed by atoms with Gasteiger partial charge in [0.25, 0.3) is 0 Å². The number of ether oxygens (including phenoxy) is 2. The Morgan fingerprint density at radius 1 is 1.05 bits per heavy atom. The highest BCUT2D eigenvalue weighted by atomic mass is 16.5. The summed E-state index contributed by atoms with van der Waals surface area (Å²) in [4.78, 5) is 0. The number of nitrogens with one attached hydrogen (secondary N) is 1. The highest BCUT2D eigenvalue weighted by Gasteiger charge is 2.04. The number of nitrogens with two attached hydrogens (primary N) is 1. The number of anilines is 2. The Morgan fingerprint density at radius 2 is 1.84 bits per heavy atom. The molecule has 2 rings (SSSR count). The first-order valence-corrected chi connectivity index (χ1v) is 6.04. The third-order valence-electron chi connectivity index (χ3n) is 2.92. The second-order valence-electron chi connectivity index (χ2n) is 4.12. The van der Waals surface area contributed by atoms with E-state index < -0.39 is 0 Å². The number of hydrogen-bond acceptors (Lipinski definition) is 4. The molecule has 0 heterocycles. The molecule has 4 nitrogen and oxygen atoms in total. The van der Waals surface area contributed by atoms with Crippen LogP contribution in [0.25, 0.3) is 0 Å². The Morgan fingerprint density at radius 3 is 2.58 bits per heavy atom. The molecular weight excluding hydrogens is 240 g/mol. The molecule has 100 valence electrons. The predicted molar refractivity (Wildman–Crippen MR) is 77.7 cm³/mol. The molecule has 0 radical (unpaired) electrons. The monoisotopic (exact) mass is 258 g/mol. The molecule has 2 aromatic rings. The van der Waals surface area contributed by atoms with E-state index in [2.05, 4.69) is 5.32 Å². The van der Waals surface area contributed by atoms with Gasteiger partial charge in [-0.05, 0) is 18.2 Å². The average molecular weight is 258 g/mol. The van der Waals surface area contributed by atoms with Gasteiger partial charge >= 0.3 is 0 Å². The summed E-state index contributed by atoms with van der Waals surface area (Å²) in [5.41, 5.74) is 8.55. The minimum atomic E-state index is 0.640. The van der Waals surface area contributed by atoms with Crippen molar-refractivity contribution in [3.05, 3.63) is 48.0 Å². The zero-order chi connectivity index (χ0) is 13.7. The first-order valence-electron chi connectivity index (χ1n) is 6.04. The van der Waals surface area contributed by atoms with Crippen molar-refractivity contribution in [1.82, 2.24) is 0 Å². The van der Waals surface area contributed by atoms with Gasteiger partial charge in [0.15, 0.2) is 0 Å². The van der Waals surface area contributed by atoms with E-state index in [1.165, 1.54) is 0 Å². The van der Waals surface area contributed by atoms with Gasteiger partial charge in [0.2, 0.25) is 0 Å². The molecule has 0 unspecified atom stereocenters. The zero-order valence-electron chi connectivity index (χ0n) is 11.1. The van der Waals surface area contributed by atoms with Gasteiger partial charge in [0.05, 0.1) is 25.6 Å². The Bertz CT molecular complexity index is 556. The Hall–Kier alpha value is -2.36. The van der Waals surface area contributed by atoms with Gasteiger partial charge in [0.1, 0.15) is 11.5 Å². The van der Waals surface area contributed by atoms with Crippen LogP contribution in [-0.2, 0) is 6.54 Å². The molecule has 0 saturated heterocycles. The molecule has 2 aromatic carbocycles. The summed E-state index contributed by atoms with van der Waals surface area (Å²) in [6.45, 7) is 0.640. The van der Waals surface area contributed by atoms with Crippen LogP contribution in [-0.4, -0.2) is 14.2 Å². The normalized spacial score (nSPS) is 10.0. The highest BCUT2D eigenvalue weighted by Crippen LogP contribution is 2.26. The molecule has 0 aliphatic carbocycles. The molecule has 19 heavy (non-hydrogen) atoms. The Labute approximate surface area is 113 Å². The van der Waals surface area contributed by atoms with E-state index >= 15 is 0 Å². The largest absolute Gasteiger partial charge is 0.497 e. The molecular formula is C15H18N2O2. The smallest absolute Gasteiger partial charge is 0.123 e. The average Bonchev–Trinajstić information content (AvgIpc) is 2.46. The first kappa shape index (κ1) is 13.1. The van der Waals surface area contributed by atoms with Gasteiger partial charge in [-0.2, -0.15) is 0 Å². The van der Waals surface area contributed by atoms with E-state index in [9.17, 15) is 0 Å². The minimum absolute atomic E-state index is 0.640. The van der Waals surface area contributed by atoms with Gasteiger partial charge in [-0.3, -0.25) is 0 Å². The van der Waals surface area contributed by atoms with E-state index in [1.807, 2.05) is 42.5 Å². The third-order valence-corrected chi connectivity index (χ3v) is 2.92. The topological polar surface area (TPSA) is 56.5 Å². The summed E-state index contributed by atoms with van der Waals surface area (Å²) in [6, 6.07) is 13.4. The molecule has 0 atom stereocenters. The Kier molecular flexibility index (Phi) is 4.13. The highest BCUT2D eigenvalue weighted by molar-refractivity contribution is 5.68. The van der Waals surface area contributed by atoms with Crippen molar-refractivity contribution >= 4 is 11.4 Å². The van der Waals surface area contributed by atoms with Gasteiger partial charge in [-0.1, -0.05) is 18.2 Å². The molecule has 0 bridgehead atoms. The molecule has 0 aliphatic rings. The maximum absolute atomic E-state index is 5.93. The maximum Gasteiger partial charge on any atom is 0.123 e. The molecule has 0 fully saturated rings. The van der Waals surface area contributed by atoms with Crippen LogP contribution in [0.5, 0.6) is 11.5 Å². The van der Waals surface area contributed by atoms with Crippen molar-refractivity contribution in [2.45, 2.75) is 6.54 Å². The third kappa shape index (κ3) is 3.10. The fourth-order valence-corrected chi connectivity index (χ4v) is 1.85. The van der Waals surface area contributed by atoms with Crippen LogP contribution in [0, 0.1) is 0 Å². The lowest BCUT2D eigenvalue weighted by Gasteiger charge is -2.13. The van der Waals surface area contributed by atoms with Crippen molar-refractivity contribution in [2.24, 2.45) is 0 Å². The van der Waals surface area contributed by atoms with Crippen molar-refractivity contribution in [3.8, 4) is 11.5 Å². The molecule has 4 heteroatoms. The molecule has 0 spiro atoms. The van der Waals surface area contributed by atoms with Crippen LogP contribution in [0.2, 0.25) is 0 Å². The van der Waals surface area contributed by atoms with E-state index in [0.717, 1.165) is 22.7 Å². The van der Waals surface area contributed by atoms with E-state index in [4.69, 9.17) is 15.2 Å². The zero-order valence-corrected chi connectivity index (χ0v) is 11.1. The maximum atomic E-state index is 5.93. The molecule has 0 amide bonds. The lowest BCUT2D eigenvalue weighted by Crippen LogP contribution is -2.04. The van der Waals surface area contributed by atoms with Crippen LogP contribution in [0.4, 0.5) is 11.4 Å². The Balaban J connectivity index is 2.14. The van der Waals surface area contributed by atoms with Gasteiger partial charge in [0, 0.05) is 18.2 Å². The summed E-state index contributed by atoms with van der Waals surface area (Å²) in [7, 11) is 3.30. The SMILES string of the molecule is COc1ccc(N)c(NCc2ccccc2OC)c1. The van der Waals surface area contributed by atoms with Crippen molar-refractivity contribution in [2.75, 3.05) is 25.3 Å². The van der Waals surface area contributed by atoms with E-state index in [-0.39, 0.29) is 0 Å². The number of rotatable bonds is 5. The lowest BCUT2D eigenvalue weighted by atomic mass is 10.2. The predicted octanol–water partition coefficient (Wildman–Crippen LogP) is 2.90. The van der Waals surface area contributed by atoms with E-state index in [1.54, 1.807) is 14.2 Å². The van der Waals surface area contributed by atoms with Gasteiger partial charge in [-0.25, -0.2) is 0 Å². The van der Waals surface area contributed by atoms with Crippen LogP contribution in [0.1, 0.15) is 5.56 Å². The molecule has 0 saturated carbocycles. The number of nitrogen functional groups attached to an aromatic ring is 1. The quantitative estimate of drug-likeness (QED) is 0.810. The van der Waals surface area contributed by atoms with Crippen molar-refractivity contribution in [3.63, 3.8) is 0 Å². The van der Waals surface area contributed by atoms with Crippen molar-refractivity contribution in [1.29, 1.82) is 0 Å². The van der Waals surface area contributed by atoms with E-state index in [0.29, 0.717) is 12.2 Å². The number of methoxy groups -OCH3 is 2. The van der Waals surface area contributed by atoms with Crippen molar-refractivity contribution < 1.29 is 9.47 Å². The van der Waals surface area contributed by atoms with Crippen LogP contribution in [0.15, 0.2) is 42.5 Å². The summed E-state index contributed by atoms with van der Waals surface area (Å²) in [5, 5.41) is 3.29. The van der Waals surface area contributed by atoms with Crippen LogP contribution >= 0.6 is 0 Å². The molecule has 0 aliphatic heterocycles. The molecule has 0 aromatic heterocycles. The summed E-state index contributed by atoms with van der Waals surface area (Å²) < 4.78 is 10.5. The van der Waals surface area contributed by atoms with Gasteiger partial charge in [-0.15, -0.1) is 0 Å². The van der Waals surface area contributed by atoms with Crippen LogP contribution < -0.4 is 20.5 Å². The van der Waals surface area contributed by atoms with Crippen LogP contribution in [0.3, 0.4) is 0 Å². The first-order chi connectivity index (χ1) is 9.24. The standard InChI is InChI=1S/C15H18N2O2/c1-18-12-7-8-13(16)14(9-12)17-10-11-5-3-4-6-15(11)19-2/h3-9,17H,10,16H2,1-2H3. The number of hydrogen-bond donors (Lipinski definition) is 2. The summed E-state index contributed by atoms with van der Waals surface area (Å²) >= 11 is 0.